The highest BCUT2D eigenvalue weighted by Crippen LogP contribution is 2.22. The number of piperidine rings is 1. The summed E-state index contributed by atoms with van der Waals surface area (Å²) >= 11 is 0. The first-order valence-corrected chi connectivity index (χ1v) is 8.94. The molecule has 1 aliphatic rings. The lowest BCUT2D eigenvalue weighted by atomic mass is 9.97. The summed E-state index contributed by atoms with van der Waals surface area (Å²) in [6.45, 7) is 9.87. The van der Waals surface area contributed by atoms with E-state index in [0.29, 0.717) is 18.2 Å². The molecule has 2 rings (SSSR count). The van der Waals surface area contributed by atoms with Gasteiger partial charge in [-0.05, 0) is 70.8 Å². The zero-order chi connectivity index (χ0) is 17.6. The Morgan fingerprint density at radius 2 is 2.08 bits per heavy atom. The van der Waals surface area contributed by atoms with E-state index < -0.39 is 5.60 Å². The number of aliphatic hydroxyl groups is 1. The number of hydrogen-bond donors (Lipinski definition) is 3. The third-order valence-corrected chi connectivity index (χ3v) is 4.66. The molecule has 1 unspecified atom stereocenters. The fourth-order valence-corrected chi connectivity index (χ4v) is 3.09. The summed E-state index contributed by atoms with van der Waals surface area (Å²) in [4.78, 5) is 14.4. The maximum absolute atomic E-state index is 12.0. The molecule has 1 fully saturated rings. The molecule has 3 N–H and O–H groups in total. The van der Waals surface area contributed by atoms with Crippen LogP contribution in [0.25, 0.3) is 0 Å². The van der Waals surface area contributed by atoms with Crippen LogP contribution in [0.2, 0.25) is 0 Å². The quantitative estimate of drug-likeness (QED) is 0.713. The lowest BCUT2D eigenvalue weighted by Crippen LogP contribution is -2.45. The van der Waals surface area contributed by atoms with Crippen molar-refractivity contribution >= 4 is 6.03 Å². The van der Waals surface area contributed by atoms with Gasteiger partial charge >= 0.3 is 6.03 Å². The molecule has 0 aromatic carbocycles. The van der Waals surface area contributed by atoms with Crippen LogP contribution in [0.15, 0.2) is 16.5 Å². The Bertz CT molecular complexity index is 519. The maximum atomic E-state index is 12.0. The molecule has 0 bridgehead atoms. The first kappa shape index (κ1) is 18.8. The number of nitrogens with one attached hydrogen (secondary N) is 2. The Balaban J connectivity index is 1.67. The molecule has 0 saturated carbocycles. The van der Waals surface area contributed by atoms with E-state index >= 15 is 0 Å². The van der Waals surface area contributed by atoms with Gasteiger partial charge in [-0.3, -0.25) is 0 Å². The fourth-order valence-electron chi connectivity index (χ4n) is 3.09. The zero-order valence-corrected chi connectivity index (χ0v) is 15.1. The average Bonchev–Trinajstić information content (AvgIpc) is 3.00. The second-order valence-electron chi connectivity index (χ2n) is 7.03. The smallest absolute Gasteiger partial charge is 0.314 e. The normalized spacial score (nSPS) is 19.0. The van der Waals surface area contributed by atoms with Crippen molar-refractivity contribution in [3.8, 4) is 0 Å². The van der Waals surface area contributed by atoms with Crippen LogP contribution >= 0.6 is 0 Å². The Morgan fingerprint density at radius 3 is 2.67 bits per heavy atom. The van der Waals surface area contributed by atoms with Gasteiger partial charge in [-0.25, -0.2) is 4.79 Å². The van der Waals surface area contributed by atoms with Crippen molar-refractivity contribution in [2.45, 2.75) is 45.6 Å². The first-order valence-electron chi connectivity index (χ1n) is 8.94. The molecule has 2 amide bonds. The van der Waals surface area contributed by atoms with Crippen LogP contribution in [0.3, 0.4) is 0 Å². The highest BCUT2D eigenvalue weighted by molar-refractivity contribution is 5.73. The molecule has 0 aliphatic carbocycles. The molecule has 1 saturated heterocycles. The molecule has 0 spiro atoms. The van der Waals surface area contributed by atoms with E-state index in [2.05, 4.69) is 22.5 Å². The fraction of sp³-hybridized carbons (Fsp3) is 0.722. The van der Waals surface area contributed by atoms with Crippen LogP contribution in [0.1, 0.15) is 44.6 Å². The minimum Gasteiger partial charge on any atom is -0.463 e. The minimum atomic E-state index is -1.21. The number of furan rings is 1. The van der Waals surface area contributed by atoms with Gasteiger partial charge in [0.05, 0.1) is 6.54 Å². The van der Waals surface area contributed by atoms with Gasteiger partial charge in [0.2, 0.25) is 0 Å². The molecule has 1 aromatic rings. The zero-order valence-electron chi connectivity index (χ0n) is 15.1. The van der Waals surface area contributed by atoms with Crippen molar-refractivity contribution in [2.24, 2.45) is 5.92 Å². The summed E-state index contributed by atoms with van der Waals surface area (Å²) in [5.74, 6) is 1.74. The topological polar surface area (TPSA) is 77.7 Å². The van der Waals surface area contributed by atoms with Crippen LogP contribution in [0.4, 0.5) is 4.79 Å². The molecule has 136 valence electrons. The summed E-state index contributed by atoms with van der Waals surface area (Å²) in [7, 11) is 0. The van der Waals surface area contributed by atoms with Gasteiger partial charge < -0.3 is 25.1 Å². The summed E-state index contributed by atoms with van der Waals surface area (Å²) in [5.41, 5.74) is -1.21. The predicted octanol–water partition coefficient (Wildman–Crippen LogP) is 2.22. The molecule has 2 heterocycles. The summed E-state index contributed by atoms with van der Waals surface area (Å²) in [6.07, 6.45) is 3.45. The summed E-state index contributed by atoms with van der Waals surface area (Å²) < 4.78 is 5.44. The highest BCUT2D eigenvalue weighted by atomic mass is 16.4. The number of urea groups is 1. The van der Waals surface area contributed by atoms with Crippen molar-refractivity contribution < 1.29 is 14.3 Å². The van der Waals surface area contributed by atoms with Gasteiger partial charge in [0, 0.05) is 6.54 Å². The highest BCUT2D eigenvalue weighted by Gasteiger charge is 2.27. The minimum absolute atomic E-state index is 0.112. The molecule has 0 radical (unpaired) electrons. The van der Waals surface area contributed by atoms with Crippen molar-refractivity contribution in [1.82, 2.24) is 15.5 Å². The SMILES string of the molecule is CCCN1CCC(CNC(=O)NCC(C)(O)c2ccc(C)o2)CC1. The summed E-state index contributed by atoms with van der Waals surface area (Å²) in [5, 5.41) is 16.0. The van der Waals surface area contributed by atoms with E-state index in [1.165, 1.54) is 13.0 Å². The van der Waals surface area contributed by atoms with Crippen molar-refractivity contribution in [2.75, 3.05) is 32.7 Å². The van der Waals surface area contributed by atoms with Gasteiger partial charge in [0.25, 0.3) is 0 Å². The third kappa shape index (κ3) is 5.53. The second kappa shape index (κ2) is 8.53. The van der Waals surface area contributed by atoms with Gasteiger partial charge in [-0.15, -0.1) is 0 Å². The van der Waals surface area contributed by atoms with Crippen molar-refractivity contribution in [3.63, 3.8) is 0 Å². The Morgan fingerprint density at radius 1 is 1.38 bits per heavy atom. The number of rotatable bonds is 7. The van der Waals surface area contributed by atoms with Crippen LogP contribution in [0, 0.1) is 12.8 Å². The van der Waals surface area contributed by atoms with Crippen LogP contribution in [-0.4, -0.2) is 48.8 Å². The number of amides is 2. The molecular formula is C18H31N3O3. The lowest BCUT2D eigenvalue weighted by Gasteiger charge is -2.31. The molecule has 6 nitrogen and oxygen atoms in total. The van der Waals surface area contributed by atoms with Gasteiger partial charge in [0.1, 0.15) is 17.1 Å². The Labute approximate surface area is 144 Å². The van der Waals surface area contributed by atoms with Gasteiger partial charge in [-0.1, -0.05) is 6.92 Å². The number of carbonyl (C=O) groups is 1. The van der Waals surface area contributed by atoms with E-state index in [-0.39, 0.29) is 12.6 Å². The van der Waals surface area contributed by atoms with Crippen molar-refractivity contribution in [3.05, 3.63) is 23.7 Å². The Hall–Kier alpha value is -1.53. The number of hydrogen-bond acceptors (Lipinski definition) is 4. The summed E-state index contributed by atoms with van der Waals surface area (Å²) in [6, 6.07) is 3.29. The number of nitrogens with zero attached hydrogens (tertiary/aromatic N) is 1. The van der Waals surface area contributed by atoms with Crippen LogP contribution in [0.5, 0.6) is 0 Å². The van der Waals surface area contributed by atoms with E-state index in [0.717, 1.165) is 31.7 Å². The average molecular weight is 337 g/mol. The molecule has 1 atom stereocenters. The van der Waals surface area contributed by atoms with E-state index in [1.807, 2.05) is 6.92 Å². The van der Waals surface area contributed by atoms with Crippen LogP contribution < -0.4 is 10.6 Å². The monoisotopic (exact) mass is 337 g/mol. The van der Waals surface area contributed by atoms with E-state index in [9.17, 15) is 9.90 Å². The molecular weight excluding hydrogens is 306 g/mol. The van der Waals surface area contributed by atoms with E-state index in [4.69, 9.17) is 4.42 Å². The number of likely N-dealkylation sites (tertiary alicyclic amines) is 1. The molecule has 6 heteroatoms. The first-order chi connectivity index (χ1) is 11.4. The number of carbonyl (C=O) groups excluding carboxylic acids is 1. The van der Waals surface area contributed by atoms with E-state index in [1.54, 1.807) is 19.1 Å². The Kier molecular flexibility index (Phi) is 6.69. The predicted molar refractivity (Wildman–Crippen MR) is 93.9 cm³/mol. The lowest BCUT2D eigenvalue weighted by molar-refractivity contribution is 0.0359. The molecule has 24 heavy (non-hydrogen) atoms. The van der Waals surface area contributed by atoms with Gasteiger partial charge in [0.15, 0.2) is 0 Å². The van der Waals surface area contributed by atoms with Crippen LogP contribution in [-0.2, 0) is 5.60 Å². The van der Waals surface area contributed by atoms with Crippen molar-refractivity contribution in [1.29, 1.82) is 0 Å². The maximum Gasteiger partial charge on any atom is 0.314 e. The van der Waals surface area contributed by atoms with Gasteiger partial charge in [-0.2, -0.15) is 0 Å². The molecule has 1 aromatic heterocycles. The third-order valence-electron chi connectivity index (χ3n) is 4.66. The second-order valence-corrected chi connectivity index (χ2v) is 7.03. The largest absolute Gasteiger partial charge is 0.463 e. The molecule has 1 aliphatic heterocycles. The standard InChI is InChI=1S/C18H31N3O3/c1-4-9-21-10-7-15(8-11-21)12-19-17(22)20-13-18(3,23)16-6-5-14(2)24-16/h5-6,15,23H,4,7-13H2,1-3H3,(H2,19,20,22). The number of aryl methyl sites for hydroxylation is 1.